The maximum Gasteiger partial charge on any atom is 0.463 e. The van der Waals surface area contributed by atoms with E-state index < -0.39 is 17.2 Å². The van der Waals surface area contributed by atoms with Crippen LogP contribution in [0.1, 0.15) is 217 Å². The van der Waals surface area contributed by atoms with Crippen LogP contribution in [0.4, 0.5) is 0 Å². The summed E-state index contributed by atoms with van der Waals surface area (Å²) >= 11 is 0. The van der Waals surface area contributed by atoms with E-state index >= 15 is 0 Å². The van der Waals surface area contributed by atoms with Crippen molar-refractivity contribution in [3.8, 4) is 23.0 Å². The number of fused-ring (bicyclic) bond motifs is 4. The summed E-state index contributed by atoms with van der Waals surface area (Å²) in [7, 11) is -4.03. The summed E-state index contributed by atoms with van der Waals surface area (Å²) in [6.07, 6.45) is 0.509. The van der Waals surface area contributed by atoms with Crippen molar-refractivity contribution in [2.24, 2.45) is 0 Å². The fourth-order valence-corrected chi connectivity index (χ4v) is 12.5. The van der Waals surface area contributed by atoms with Crippen LogP contribution in [0.3, 0.4) is 0 Å². The Hall–Kier alpha value is -5.22. The van der Waals surface area contributed by atoms with Crippen molar-refractivity contribution >= 4 is 60.3 Å². The van der Waals surface area contributed by atoms with Gasteiger partial charge >= 0.3 is 17.2 Å². The molecule has 0 bridgehead atoms. The molecule has 83 heavy (non-hydrogen) atoms. The normalized spacial score (nSPS) is 13.5. The second-order valence-electron chi connectivity index (χ2n) is 31.5. The van der Waals surface area contributed by atoms with Crippen LogP contribution in [0.15, 0.2) is 121 Å². The van der Waals surface area contributed by atoms with E-state index in [-0.39, 0.29) is 56.5 Å². The third-order valence-electron chi connectivity index (χ3n) is 15.8. The van der Waals surface area contributed by atoms with Gasteiger partial charge in [-0.3, -0.25) is 9.05 Å². The third-order valence-corrected chi connectivity index (χ3v) is 18.0. The highest BCUT2D eigenvalue weighted by Crippen LogP contribution is 2.52. The first-order valence-corrected chi connectivity index (χ1v) is 32.3. The summed E-state index contributed by atoms with van der Waals surface area (Å²) in [6.45, 7) is 54.6. The second kappa shape index (κ2) is 23.2. The number of hydrogen-bond donors (Lipinski definition) is 0. The molecule has 0 aliphatic rings. The average Bonchev–Trinajstić information content (AvgIpc) is 3.15. The maximum absolute atomic E-state index is 7.16. The van der Waals surface area contributed by atoms with Crippen molar-refractivity contribution in [3.63, 3.8) is 0 Å². The third kappa shape index (κ3) is 15.4. The molecule has 0 saturated carbocycles. The van der Waals surface area contributed by atoms with E-state index in [0.29, 0.717) is 6.42 Å². The van der Waals surface area contributed by atoms with E-state index in [1.165, 1.54) is 43.8 Å². The highest BCUT2D eigenvalue weighted by atomic mass is 31.2. The van der Waals surface area contributed by atoms with Crippen LogP contribution in [0.5, 0.6) is 23.0 Å². The summed E-state index contributed by atoms with van der Waals surface area (Å²) in [5, 5.41) is 9.11. The molecule has 0 amide bonds. The Bertz CT molecular complexity index is 3170. The number of rotatable bonds is 14. The molecule has 6 nitrogen and oxygen atoms in total. The Kier molecular flexibility index (Phi) is 17.9. The van der Waals surface area contributed by atoms with Crippen LogP contribution in [-0.2, 0) is 52.4 Å². The molecule has 0 unspecified atom stereocenters. The quantitative estimate of drug-likeness (QED) is 0.0799. The highest BCUT2D eigenvalue weighted by Gasteiger charge is 2.32. The van der Waals surface area contributed by atoms with Gasteiger partial charge in [-0.1, -0.05) is 239 Å². The van der Waals surface area contributed by atoms with Crippen molar-refractivity contribution in [1.29, 1.82) is 0 Å². The van der Waals surface area contributed by atoms with E-state index in [2.05, 4.69) is 287 Å². The lowest BCUT2D eigenvalue weighted by Crippen LogP contribution is -2.16. The van der Waals surface area contributed by atoms with Gasteiger partial charge in [-0.15, -0.1) is 0 Å². The summed E-state index contributed by atoms with van der Waals surface area (Å²) in [6, 6.07) is 44.9. The Morgan fingerprint density at radius 1 is 0.241 bits per heavy atom. The topological polar surface area (TPSA) is 55.4 Å². The molecular formula is C75H98O6P2. The molecule has 0 saturated heterocycles. The van der Waals surface area contributed by atoms with Crippen LogP contribution < -0.4 is 18.1 Å². The van der Waals surface area contributed by atoms with Gasteiger partial charge in [0.1, 0.15) is 23.0 Å². The Morgan fingerprint density at radius 3 is 0.627 bits per heavy atom. The first kappa shape index (κ1) is 63.8. The lowest BCUT2D eigenvalue weighted by Gasteiger charge is -2.29. The molecule has 0 aromatic heterocycles. The molecule has 8 aromatic rings. The summed E-state index contributed by atoms with van der Waals surface area (Å²) in [5.41, 5.74) is 8.52. The standard InChI is InChI=1S/C75H98O6P2/c1-68(2,3)56-30-26-48-44-64(60(72(13,14)15)40-52(48)36-56)78-82(79-65-45-49-27-31-57(69(4,5)6)37-53(49)41-61(65)73(16,17)18)76-34-25-35-77-83(80-66-46-50-28-32-58(70(7,8)9)38-54(50)42-62(66)74(19,20)21)81-67-47-51-29-33-59(71(10,11)12)39-55(51)43-63(67)75(22,23)24/h26-33,36-47H,25,34-35H2,1-24H3. The van der Waals surface area contributed by atoms with Crippen molar-refractivity contribution in [3.05, 3.63) is 166 Å². The van der Waals surface area contributed by atoms with Crippen molar-refractivity contribution in [1.82, 2.24) is 0 Å². The number of benzene rings is 8. The van der Waals surface area contributed by atoms with Gasteiger partial charge in [0.05, 0.1) is 13.2 Å². The first-order chi connectivity index (χ1) is 38.1. The van der Waals surface area contributed by atoms with Gasteiger partial charge in [0, 0.05) is 22.3 Å². The monoisotopic (exact) mass is 1160 g/mol. The zero-order chi connectivity index (χ0) is 61.2. The fourth-order valence-electron chi connectivity index (χ4n) is 10.4. The van der Waals surface area contributed by atoms with Gasteiger partial charge in [-0.25, -0.2) is 0 Å². The van der Waals surface area contributed by atoms with E-state index in [1.807, 2.05) is 0 Å². The summed E-state index contributed by atoms with van der Waals surface area (Å²) in [4.78, 5) is 0. The van der Waals surface area contributed by atoms with Crippen LogP contribution in [0.2, 0.25) is 0 Å². The zero-order valence-electron chi connectivity index (χ0n) is 55.0. The Morgan fingerprint density at radius 2 is 0.446 bits per heavy atom. The lowest BCUT2D eigenvalue weighted by atomic mass is 9.82. The van der Waals surface area contributed by atoms with E-state index in [9.17, 15) is 0 Å². The predicted octanol–water partition coefficient (Wildman–Crippen LogP) is 23.2. The van der Waals surface area contributed by atoms with Gasteiger partial charge in [-0.05, 0) is 164 Å². The van der Waals surface area contributed by atoms with Crippen molar-refractivity contribution in [2.75, 3.05) is 13.2 Å². The minimum absolute atomic E-state index is 0.00839. The number of hydrogen-bond acceptors (Lipinski definition) is 6. The minimum Gasteiger partial charge on any atom is -0.417 e. The van der Waals surface area contributed by atoms with Gasteiger partial charge in [0.25, 0.3) is 0 Å². The molecule has 0 fully saturated rings. The van der Waals surface area contributed by atoms with Crippen LogP contribution >= 0.6 is 17.2 Å². The van der Waals surface area contributed by atoms with Gasteiger partial charge in [-0.2, -0.15) is 0 Å². The van der Waals surface area contributed by atoms with Gasteiger partial charge < -0.3 is 18.1 Å². The highest BCUT2D eigenvalue weighted by molar-refractivity contribution is 7.43. The van der Waals surface area contributed by atoms with Gasteiger partial charge in [0.2, 0.25) is 0 Å². The molecule has 0 aliphatic carbocycles. The largest absolute Gasteiger partial charge is 0.463 e. The van der Waals surface area contributed by atoms with Crippen LogP contribution in [0, 0.1) is 0 Å². The van der Waals surface area contributed by atoms with E-state index in [1.54, 1.807) is 0 Å². The second-order valence-corrected chi connectivity index (χ2v) is 33.6. The molecule has 0 aliphatic heterocycles. The van der Waals surface area contributed by atoms with Crippen LogP contribution in [-0.4, -0.2) is 13.2 Å². The summed E-state index contributed by atoms with van der Waals surface area (Å²) < 4.78 is 42.5. The fraction of sp³-hybridized carbons (Fsp3) is 0.467. The molecule has 0 atom stereocenters. The molecule has 444 valence electrons. The van der Waals surface area contributed by atoms with E-state index in [0.717, 1.165) is 66.8 Å². The lowest BCUT2D eigenvalue weighted by molar-refractivity contribution is 0.212. The Labute approximate surface area is 502 Å². The molecule has 0 N–H and O–H groups in total. The van der Waals surface area contributed by atoms with Crippen LogP contribution in [0.25, 0.3) is 43.1 Å². The molecule has 0 radical (unpaired) electrons. The molecule has 0 spiro atoms. The maximum atomic E-state index is 7.16. The molecule has 8 rings (SSSR count). The summed E-state index contributed by atoms with van der Waals surface area (Å²) in [5.74, 6) is 2.98. The smallest absolute Gasteiger partial charge is 0.417 e. The Balaban J connectivity index is 1.16. The zero-order valence-corrected chi connectivity index (χ0v) is 56.8. The minimum atomic E-state index is -2.01. The van der Waals surface area contributed by atoms with E-state index in [4.69, 9.17) is 27.1 Å². The first-order valence-electron chi connectivity index (χ1n) is 30.1. The molecule has 8 heteroatoms. The van der Waals surface area contributed by atoms with Gasteiger partial charge in [0.15, 0.2) is 0 Å². The molecule has 8 aromatic carbocycles. The molecular weight excluding hydrogens is 1060 g/mol. The SMILES string of the molecule is CC(C)(C)c1ccc2cc(OP(OCCCOP(Oc3cc4ccc(C(C)(C)C)cc4cc3C(C)(C)C)Oc3cc4ccc(C(C)(C)C)cc4cc3C(C)(C)C)Oc3cc4ccc(C(C)(C)C)cc4cc3C(C)(C)C)c(C(C)(C)C)cc2c1. The molecule has 0 heterocycles. The van der Waals surface area contributed by atoms with Crippen molar-refractivity contribution < 1.29 is 27.1 Å². The predicted molar refractivity (Wildman–Crippen MR) is 358 cm³/mol. The van der Waals surface area contributed by atoms with Crippen molar-refractivity contribution in [2.45, 2.75) is 216 Å². The average molecular weight is 1160 g/mol.